The lowest BCUT2D eigenvalue weighted by atomic mass is 9.92. The predicted octanol–water partition coefficient (Wildman–Crippen LogP) is 17.4. The van der Waals surface area contributed by atoms with Crippen LogP contribution in [0.3, 0.4) is 0 Å². The molecule has 0 spiro atoms. The third-order valence-electron chi connectivity index (χ3n) is 12.2. The molecule has 4 aromatic heterocycles. The van der Waals surface area contributed by atoms with E-state index in [4.69, 9.17) is 9.97 Å². The lowest BCUT2D eigenvalue weighted by Crippen LogP contribution is -2.05. The molecular weight excluding hydrogens is 815 g/mol. The van der Waals surface area contributed by atoms with Crippen molar-refractivity contribution in [3.63, 3.8) is 0 Å². The van der Waals surface area contributed by atoms with Crippen LogP contribution in [0.1, 0.15) is 31.5 Å². The summed E-state index contributed by atoms with van der Waals surface area (Å²) in [5, 5.41) is 7.74. The number of nitrogens with zero attached hydrogens (tertiary/aromatic N) is 3. The minimum absolute atomic E-state index is 0.647. The summed E-state index contributed by atoms with van der Waals surface area (Å²) in [6.07, 6.45) is 13.2. The molecule has 0 atom stereocenters. The van der Waals surface area contributed by atoms with Gasteiger partial charge in [0.1, 0.15) is 0 Å². The molecule has 0 radical (unpaired) electrons. The molecule has 5 heteroatoms. The van der Waals surface area contributed by atoms with Crippen LogP contribution in [-0.2, 0) is 0 Å². The van der Waals surface area contributed by atoms with Crippen molar-refractivity contribution in [1.82, 2.24) is 14.5 Å². The molecular formula is C59H43N3S2. The molecule has 0 saturated heterocycles. The summed E-state index contributed by atoms with van der Waals surface area (Å²) in [7, 11) is 0. The highest BCUT2D eigenvalue weighted by Crippen LogP contribution is 2.49. The third-order valence-corrected chi connectivity index (χ3v) is 14.6. The van der Waals surface area contributed by atoms with Crippen molar-refractivity contribution in [2.75, 3.05) is 0 Å². The number of hydrogen-bond acceptors (Lipinski definition) is 4. The van der Waals surface area contributed by atoms with Crippen molar-refractivity contribution in [3.05, 3.63) is 213 Å². The molecule has 0 aliphatic rings. The zero-order valence-electron chi connectivity index (χ0n) is 35.7. The van der Waals surface area contributed by atoms with Crippen LogP contribution in [0.5, 0.6) is 0 Å². The van der Waals surface area contributed by atoms with Gasteiger partial charge in [0.2, 0.25) is 0 Å². The summed E-state index contributed by atoms with van der Waals surface area (Å²) in [5.74, 6) is 0.647. The Morgan fingerprint density at radius 2 is 1.31 bits per heavy atom. The lowest BCUT2D eigenvalue weighted by Gasteiger charge is -2.21. The van der Waals surface area contributed by atoms with Crippen molar-refractivity contribution in [2.24, 2.45) is 0 Å². The van der Waals surface area contributed by atoms with Crippen molar-refractivity contribution >= 4 is 96.0 Å². The highest BCUT2D eigenvalue weighted by Gasteiger charge is 2.25. The fourth-order valence-corrected chi connectivity index (χ4v) is 11.9. The van der Waals surface area contributed by atoms with E-state index < -0.39 is 0 Å². The Morgan fingerprint density at radius 3 is 2.06 bits per heavy atom. The molecule has 11 rings (SSSR count). The highest BCUT2D eigenvalue weighted by atomic mass is 32.1. The number of hydrogen-bond donors (Lipinski definition) is 0. The van der Waals surface area contributed by atoms with Gasteiger partial charge in [-0.25, -0.2) is 9.97 Å². The lowest BCUT2D eigenvalue weighted by molar-refractivity contribution is 1.14. The summed E-state index contributed by atoms with van der Waals surface area (Å²) in [6, 6.07) is 54.7. The van der Waals surface area contributed by atoms with Crippen LogP contribution in [0.25, 0.3) is 113 Å². The summed E-state index contributed by atoms with van der Waals surface area (Å²) in [6.45, 7) is 12.8. The van der Waals surface area contributed by atoms with Gasteiger partial charge >= 0.3 is 0 Å². The molecule has 4 heterocycles. The van der Waals surface area contributed by atoms with Crippen LogP contribution in [0.4, 0.5) is 0 Å². The van der Waals surface area contributed by atoms with Crippen LogP contribution in [0, 0.1) is 0 Å². The Labute approximate surface area is 380 Å². The van der Waals surface area contributed by atoms with Gasteiger partial charge in [-0.05, 0) is 72.5 Å². The van der Waals surface area contributed by atoms with Crippen molar-refractivity contribution in [1.29, 1.82) is 0 Å². The van der Waals surface area contributed by atoms with Crippen LogP contribution >= 0.6 is 22.7 Å². The first kappa shape index (κ1) is 39.4. The molecule has 3 nitrogen and oxygen atoms in total. The highest BCUT2D eigenvalue weighted by molar-refractivity contribution is 7.30. The van der Waals surface area contributed by atoms with Gasteiger partial charge in [0.05, 0.1) is 28.1 Å². The number of aromatic nitrogens is 3. The van der Waals surface area contributed by atoms with E-state index in [0.29, 0.717) is 5.82 Å². The smallest absolute Gasteiger partial charge is 0.160 e. The quantitative estimate of drug-likeness (QED) is 0.128. The number of benzene rings is 7. The molecule has 11 aromatic rings. The number of rotatable bonds is 10. The van der Waals surface area contributed by atoms with E-state index in [0.717, 1.165) is 73.5 Å². The largest absolute Gasteiger partial charge is 0.308 e. The van der Waals surface area contributed by atoms with Crippen molar-refractivity contribution < 1.29 is 0 Å². The summed E-state index contributed by atoms with van der Waals surface area (Å²) >= 11 is 3.80. The van der Waals surface area contributed by atoms with E-state index in [9.17, 15) is 0 Å². The fraction of sp³-hybridized carbons (Fsp3) is 0.0508. The third kappa shape index (κ3) is 6.47. The topological polar surface area (TPSA) is 30.7 Å². The Kier molecular flexibility index (Phi) is 10.1. The first-order valence-corrected chi connectivity index (χ1v) is 23.4. The van der Waals surface area contributed by atoms with E-state index in [1.165, 1.54) is 51.1 Å². The van der Waals surface area contributed by atoms with Gasteiger partial charge in [-0.2, -0.15) is 0 Å². The van der Waals surface area contributed by atoms with E-state index in [-0.39, 0.29) is 0 Å². The average molecular weight is 858 g/mol. The number of thiophene rings is 2. The van der Waals surface area contributed by atoms with Gasteiger partial charge in [0, 0.05) is 73.4 Å². The first-order valence-electron chi connectivity index (χ1n) is 21.7. The molecule has 306 valence electrons. The molecule has 0 saturated carbocycles. The molecule has 0 aliphatic heterocycles. The van der Waals surface area contributed by atoms with Gasteiger partial charge in [-0.3, -0.25) is 0 Å². The average Bonchev–Trinajstić information content (AvgIpc) is 4.03. The van der Waals surface area contributed by atoms with Gasteiger partial charge in [-0.1, -0.05) is 166 Å². The molecule has 0 amide bonds. The van der Waals surface area contributed by atoms with Crippen LogP contribution < -0.4 is 0 Å². The van der Waals surface area contributed by atoms with Gasteiger partial charge < -0.3 is 4.57 Å². The molecule has 64 heavy (non-hydrogen) atoms. The molecule has 0 unspecified atom stereocenters. The molecule has 0 N–H and O–H groups in total. The molecule has 0 fully saturated rings. The zero-order chi connectivity index (χ0) is 43.3. The summed E-state index contributed by atoms with van der Waals surface area (Å²) in [5.41, 5.74) is 12.2. The van der Waals surface area contributed by atoms with Gasteiger partial charge in [0.15, 0.2) is 5.82 Å². The van der Waals surface area contributed by atoms with E-state index in [1.807, 2.05) is 40.9 Å². The van der Waals surface area contributed by atoms with Crippen molar-refractivity contribution in [2.45, 2.75) is 20.3 Å². The SMILES string of the molecule is C=C/C=C(\C=C)c1cc(-c2nc(C(/C=C\CC)=C/C)cc(-c3ccccc3)n2)cc(-c2ccccc2)c1-n1c2ccccc2c2c3sc4c(ccc5sc6ccccc6c54)c3ccc21. The van der Waals surface area contributed by atoms with Gasteiger partial charge in [0.25, 0.3) is 0 Å². The Bertz CT molecular complexity index is 3740. The van der Waals surface area contributed by atoms with Crippen LogP contribution in [0.2, 0.25) is 0 Å². The normalized spacial score (nSPS) is 12.5. The van der Waals surface area contributed by atoms with Gasteiger partial charge in [-0.15, -0.1) is 22.7 Å². The fourth-order valence-electron chi connectivity index (χ4n) is 9.31. The first-order chi connectivity index (χ1) is 31.6. The Morgan fingerprint density at radius 1 is 0.609 bits per heavy atom. The standard InChI is InChI=1S/C59H43N3S2/c1-5-9-21-38(8-4)48-36-49(40-24-14-11-15-25-40)61-59(60-48)41-34-46(37(7-3)20-6-2)56(47(35-41)39-22-12-10-13-23-39)62-50-28-18-16-26-44(50)54-51(62)32-30-42-43-31-33-53-55(58(43)64-57(42)54)45-27-17-19-29-52(45)63-53/h6-36H,2-3,5H2,1,4H3/b21-9-,37-20+,38-8+. The second-order valence-corrected chi connectivity index (χ2v) is 18.0. The monoisotopic (exact) mass is 857 g/mol. The second kappa shape index (κ2) is 16.4. The number of para-hydroxylation sites is 1. The molecule has 0 bridgehead atoms. The molecule has 0 aliphatic carbocycles. The van der Waals surface area contributed by atoms with Crippen LogP contribution in [-0.4, -0.2) is 14.5 Å². The minimum Gasteiger partial charge on any atom is -0.308 e. The Balaban J connectivity index is 1.25. The predicted molar refractivity (Wildman–Crippen MR) is 280 cm³/mol. The maximum Gasteiger partial charge on any atom is 0.160 e. The van der Waals surface area contributed by atoms with E-state index in [1.54, 1.807) is 0 Å². The Hall–Kier alpha value is -7.44. The van der Waals surface area contributed by atoms with E-state index in [2.05, 4.69) is 201 Å². The summed E-state index contributed by atoms with van der Waals surface area (Å²) < 4.78 is 7.77. The number of fused-ring (bicyclic) bond motifs is 11. The number of allylic oxidation sites excluding steroid dienone is 8. The molecule has 7 aromatic carbocycles. The summed E-state index contributed by atoms with van der Waals surface area (Å²) in [4.78, 5) is 10.7. The van der Waals surface area contributed by atoms with Crippen molar-refractivity contribution in [3.8, 4) is 39.5 Å². The maximum absolute atomic E-state index is 5.34. The van der Waals surface area contributed by atoms with E-state index >= 15 is 0 Å². The zero-order valence-corrected chi connectivity index (χ0v) is 37.3. The maximum atomic E-state index is 5.34. The second-order valence-electron chi connectivity index (χ2n) is 15.9. The van der Waals surface area contributed by atoms with Crippen LogP contribution in [0.15, 0.2) is 201 Å². The minimum atomic E-state index is 0.647.